The molecule has 0 unspecified atom stereocenters. The second-order valence-electron chi connectivity index (χ2n) is 6.33. The van der Waals surface area contributed by atoms with E-state index in [2.05, 4.69) is 4.98 Å². The maximum atomic E-state index is 12.6. The minimum Gasteiger partial charge on any atom is -0.454 e. The van der Waals surface area contributed by atoms with Gasteiger partial charge in [0, 0.05) is 25.8 Å². The van der Waals surface area contributed by atoms with Crippen LogP contribution in [0.25, 0.3) is 0 Å². The summed E-state index contributed by atoms with van der Waals surface area (Å²) >= 11 is 0. The SMILES string of the molecule is O=C1CN(c2ccc(C(F)(F)F)cn2)CCN1Cc1ccc2c(c1)OCO2. The van der Waals surface area contributed by atoms with E-state index >= 15 is 0 Å². The number of carbonyl (C=O) groups is 1. The Morgan fingerprint density at radius 2 is 1.89 bits per heavy atom. The molecule has 142 valence electrons. The average Bonchev–Trinajstić information content (AvgIpc) is 3.10. The molecular formula is C18H16F3N3O3. The van der Waals surface area contributed by atoms with Crippen LogP contribution in [0, 0.1) is 0 Å². The summed E-state index contributed by atoms with van der Waals surface area (Å²) in [5.41, 5.74) is 0.118. The Balaban J connectivity index is 1.40. The molecule has 0 atom stereocenters. The third kappa shape index (κ3) is 3.62. The van der Waals surface area contributed by atoms with Crippen LogP contribution in [0.15, 0.2) is 36.5 Å². The highest BCUT2D eigenvalue weighted by molar-refractivity contribution is 5.82. The Hall–Kier alpha value is -2.97. The van der Waals surface area contributed by atoms with Gasteiger partial charge in [-0.2, -0.15) is 13.2 Å². The highest BCUT2D eigenvalue weighted by atomic mass is 19.4. The summed E-state index contributed by atoms with van der Waals surface area (Å²) in [5, 5.41) is 0. The highest BCUT2D eigenvalue weighted by Crippen LogP contribution is 2.33. The number of benzene rings is 1. The molecule has 9 heteroatoms. The summed E-state index contributed by atoms with van der Waals surface area (Å²) in [4.78, 5) is 19.7. The largest absolute Gasteiger partial charge is 0.454 e. The maximum absolute atomic E-state index is 12.6. The van der Waals surface area contributed by atoms with Crippen molar-refractivity contribution in [1.82, 2.24) is 9.88 Å². The number of fused-ring (bicyclic) bond motifs is 1. The van der Waals surface area contributed by atoms with Crippen molar-refractivity contribution < 1.29 is 27.4 Å². The molecule has 1 aromatic carbocycles. The van der Waals surface area contributed by atoms with E-state index in [4.69, 9.17) is 9.47 Å². The summed E-state index contributed by atoms with van der Waals surface area (Å²) < 4.78 is 48.5. The predicted molar refractivity (Wildman–Crippen MR) is 89.4 cm³/mol. The summed E-state index contributed by atoms with van der Waals surface area (Å²) in [5.74, 6) is 1.59. The van der Waals surface area contributed by atoms with Crippen molar-refractivity contribution in [3.05, 3.63) is 47.7 Å². The fourth-order valence-corrected chi connectivity index (χ4v) is 3.07. The van der Waals surface area contributed by atoms with Crippen LogP contribution in [-0.4, -0.2) is 42.2 Å². The Kier molecular flexibility index (Phi) is 4.29. The number of alkyl halides is 3. The van der Waals surface area contributed by atoms with Crippen molar-refractivity contribution in [3.63, 3.8) is 0 Å². The Morgan fingerprint density at radius 3 is 2.59 bits per heavy atom. The minimum absolute atomic E-state index is 0.0723. The van der Waals surface area contributed by atoms with E-state index in [9.17, 15) is 18.0 Å². The first-order valence-corrected chi connectivity index (χ1v) is 8.35. The van der Waals surface area contributed by atoms with Gasteiger partial charge >= 0.3 is 6.18 Å². The van der Waals surface area contributed by atoms with Crippen molar-refractivity contribution in [2.24, 2.45) is 0 Å². The third-order valence-corrected chi connectivity index (χ3v) is 4.53. The van der Waals surface area contributed by atoms with E-state index in [1.165, 1.54) is 6.07 Å². The molecule has 1 saturated heterocycles. The molecule has 0 spiro atoms. The van der Waals surface area contributed by atoms with E-state index in [0.29, 0.717) is 37.0 Å². The fourth-order valence-electron chi connectivity index (χ4n) is 3.07. The number of ether oxygens (including phenoxy) is 2. The zero-order chi connectivity index (χ0) is 19.0. The lowest BCUT2D eigenvalue weighted by Crippen LogP contribution is -2.50. The minimum atomic E-state index is -4.43. The number of piperazine rings is 1. The van der Waals surface area contributed by atoms with Crippen LogP contribution in [0.5, 0.6) is 11.5 Å². The van der Waals surface area contributed by atoms with Crippen molar-refractivity contribution in [3.8, 4) is 11.5 Å². The van der Waals surface area contributed by atoms with Crippen molar-refractivity contribution >= 4 is 11.7 Å². The molecule has 0 aliphatic carbocycles. The zero-order valence-electron chi connectivity index (χ0n) is 14.2. The van der Waals surface area contributed by atoms with Crippen molar-refractivity contribution in [2.45, 2.75) is 12.7 Å². The summed E-state index contributed by atoms with van der Waals surface area (Å²) in [6, 6.07) is 7.81. The normalized spacial score (nSPS) is 16.8. The van der Waals surface area contributed by atoms with Gasteiger partial charge in [0.05, 0.1) is 12.1 Å². The van der Waals surface area contributed by atoms with Gasteiger partial charge in [0.25, 0.3) is 0 Å². The molecule has 27 heavy (non-hydrogen) atoms. The molecule has 1 fully saturated rings. The van der Waals surface area contributed by atoms with Crippen LogP contribution < -0.4 is 14.4 Å². The molecule has 1 aromatic heterocycles. The van der Waals surface area contributed by atoms with Gasteiger partial charge in [-0.15, -0.1) is 0 Å². The number of nitrogens with zero attached hydrogens (tertiary/aromatic N) is 3. The van der Waals surface area contributed by atoms with Gasteiger partial charge < -0.3 is 19.3 Å². The van der Waals surface area contributed by atoms with Crippen LogP contribution in [0.2, 0.25) is 0 Å². The van der Waals surface area contributed by atoms with Gasteiger partial charge in [0.15, 0.2) is 11.5 Å². The first-order valence-electron chi connectivity index (χ1n) is 8.35. The Morgan fingerprint density at radius 1 is 1.07 bits per heavy atom. The van der Waals surface area contributed by atoms with Gasteiger partial charge in [-0.05, 0) is 29.8 Å². The molecule has 3 heterocycles. The Labute approximate surface area is 153 Å². The van der Waals surface area contributed by atoms with E-state index in [-0.39, 0.29) is 19.2 Å². The summed E-state index contributed by atoms with van der Waals surface area (Å²) in [6.45, 7) is 1.65. The lowest BCUT2D eigenvalue weighted by molar-refractivity contribution is -0.138. The molecule has 4 rings (SSSR count). The lowest BCUT2D eigenvalue weighted by Gasteiger charge is -2.35. The quantitative estimate of drug-likeness (QED) is 0.821. The van der Waals surface area contributed by atoms with Crippen LogP contribution >= 0.6 is 0 Å². The third-order valence-electron chi connectivity index (χ3n) is 4.53. The number of aromatic nitrogens is 1. The highest BCUT2D eigenvalue weighted by Gasteiger charge is 2.31. The number of anilines is 1. The van der Waals surface area contributed by atoms with Gasteiger partial charge in [-0.1, -0.05) is 6.07 Å². The van der Waals surface area contributed by atoms with Crippen molar-refractivity contribution in [2.75, 3.05) is 31.3 Å². The second-order valence-corrected chi connectivity index (χ2v) is 6.33. The molecule has 0 saturated carbocycles. The molecular weight excluding hydrogens is 363 g/mol. The van der Waals surface area contributed by atoms with E-state index in [1.54, 1.807) is 9.80 Å². The maximum Gasteiger partial charge on any atom is 0.417 e. The molecule has 0 N–H and O–H groups in total. The number of hydrogen-bond acceptors (Lipinski definition) is 5. The molecule has 6 nitrogen and oxygen atoms in total. The monoisotopic (exact) mass is 379 g/mol. The number of rotatable bonds is 3. The average molecular weight is 379 g/mol. The van der Waals surface area contributed by atoms with Gasteiger partial charge in [-0.25, -0.2) is 4.98 Å². The van der Waals surface area contributed by atoms with E-state index in [0.717, 1.165) is 17.8 Å². The molecule has 0 bridgehead atoms. The van der Waals surface area contributed by atoms with Crippen LogP contribution in [0.4, 0.5) is 19.0 Å². The molecule has 1 amide bonds. The van der Waals surface area contributed by atoms with Crippen LogP contribution in [-0.2, 0) is 17.5 Å². The molecule has 2 aromatic rings. The van der Waals surface area contributed by atoms with Gasteiger partial charge in [0.2, 0.25) is 12.7 Å². The first kappa shape index (κ1) is 17.4. The van der Waals surface area contributed by atoms with Crippen LogP contribution in [0.1, 0.15) is 11.1 Å². The van der Waals surface area contributed by atoms with Crippen molar-refractivity contribution in [1.29, 1.82) is 0 Å². The predicted octanol–water partition coefficient (Wildman–Crippen LogP) is 2.68. The summed E-state index contributed by atoms with van der Waals surface area (Å²) in [6.07, 6.45) is -3.64. The molecule has 2 aliphatic heterocycles. The fraction of sp³-hybridized carbons (Fsp3) is 0.333. The zero-order valence-corrected chi connectivity index (χ0v) is 14.2. The number of carbonyl (C=O) groups excluding carboxylic acids is 1. The molecule has 2 aliphatic rings. The number of halogens is 3. The Bertz CT molecular complexity index is 855. The smallest absolute Gasteiger partial charge is 0.417 e. The van der Waals surface area contributed by atoms with Gasteiger partial charge in [-0.3, -0.25) is 4.79 Å². The second kappa shape index (κ2) is 6.64. The molecule has 0 radical (unpaired) electrons. The lowest BCUT2D eigenvalue weighted by atomic mass is 10.1. The number of hydrogen-bond donors (Lipinski definition) is 0. The van der Waals surface area contributed by atoms with E-state index < -0.39 is 11.7 Å². The van der Waals surface area contributed by atoms with Crippen LogP contribution in [0.3, 0.4) is 0 Å². The van der Waals surface area contributed by atoms with Gasteiger partial charge in [0.1, 0.15) is 5.82 Å². The topological polar surface area (TPSA) is 54.9 Å². The van der Waals surface area contributed by atoms with E-state index in [1.807, 2.05) is 18.2 Å². The summed E-state index contributed by atoms with van der Waals surface area (Å²) in [7, 11) is 0. The number of pyridine rings is 1. The number of amides is 1. The standard InChI is InChI=1S/C18H16F3N3O3/c19-18(20,21)13-2-4-16(22-8-13)23-5-6-24(17(25)10-23)9-12-1-3-14-15(7-12)27-11-26-14/h1-4,7-8H,5-6,9-11H2. The first-order chi connectivity index (χ1) is 12.9.